The van der Waals surface area contributed by atoms with Crippen LogP contribution in [0, 0.1) is 0 Å². The van der Waals surface area contributed by atoms with Crippen molar-refractivity contribution in [1.82, 2.24) is 15.2 Å². The van der Waals surface area contributed by atoms with Crippen molar-refractivity contribution < 1.29 is 19.1 Å². The number of likely N-dealkylation sites (tertiary alicyclic amines) is 1. The van der Waals surface area contributed by atoms with Crippen LogP contribution >= 0.6 is 0 Å². The van der Waals surface area contributed by atoms with Crippen molar-refractivity contribution in [3.8, 4) is 0 Å². The molecule has 0 bridgehead atoms. The monoisotopic (exact) mass is 371 g/mol. The van der Waals surface area contributed by atoms with Crippen LogP contribution in [-0.4, -0.2) is 53.4 Å². The summed E-state index contributed by atoms with van der Waals surface area (Å²) >= 11 is 0. The first kappa shape index (κ1) is 18.9. The molecule has 1 fully saturated rings. The van der Waals surface area contributed by atoms with E-state index in [1.54, 1.807) is 4.90 Å². The number of nitrogens with one attached hydrogen (secondary N) is 2. The molecule has 1 saturated heterocycles. The number of aromatic nitrogens is 1. The van der Waals surface area contributed by atoms with Gasteiger partial charge in [0, 0.05) is 43.5 Å². The van der Waals surface area contributed by atoms with Gasteiger partial charge in [0.15, 0.2) is 6.61 Å². The lowest BCUT2D eigenvalue weighted by atomic mass is 10.0. The molecule has 27 heavy (non-hydrogen) atoms. The van der Waals surface area contributed by atoms with E-state index in [9.17, 15) is 14.4 Å². The first-order valence-corrected chi connectivity index (χ1v) is 9.31. The number of carbonyl (C=O) groups is 3. The number of nitrogens with zero attached hydrogens (tertiary/aromatic N) is 1. The van der Waals surface area contributed by atoms with Gasteiger partial charge < -0.3 is 19.9 Å². The van der Waals surface area contributed by atoms with E-state index >= 15 is 0 Å². The summed E-state index contributed by atoms with van der Waals surface area (Å²) in [6, 6.07) is 6.91. The number of carbonyl (C=O) groups excluding carboxylic acids is 3. The summed E-state index contributed by atoms with van der Waals surface area (Å²) in [5, 5.41) is 3.62. The molecule has 2 amide bonds. The number of para-hydroxylation sites is 1. The van der Waals surface area contributed by atoms with Crippen molar-refractivity contribution in [3.05, 3.63) is 36.0 Å². The Morgan fingerprint density at radius 2 is 1.93 bits per heavy atom. The molecule has 3 rings (SSSR count). The van der Waals surface area contributed by atoms with Crippen LogP contribution in [0.3, 0.4) is 0 Å². The fraction of sp³-hybridized carbons (Fsp3) is 0.450. The number of hydrogen-bond acceptors (Lipinski definition) is 4. The van der Waals surface area contributed by atoms with Crippen molar-refractivity contribution in [2.75, 3.05) is 19.7 Å². The van der Waals surface area contributed by atoms with Crippen LogP contribution in [0.4, 0.5) is 0 Å². The highest BCUT2D eigenvalue weighted by atomic mass is 16.5. The largest absolute Gasteiger partial charge is 0.454 e. The zero-order valence-corrected chi connectivity index (χ0v) is 15.5. The van der Waals surface area contributed by atoms with E-state index in [0.29, 0.717) is 19.5 Å². The first-order chi connectivity index (χ1) is 13.0. The highest BCUT2D eigenvalue weighted by molar-refractivity contribution is 5.88. The third kappa shape index (κ3) is 4.87. The van der Waals surface area contributed by atoms with Crippen molar-refractivity contribution in [2.45, 2.75) is 38.6 Å². The molecule has 2 aromatic rings. The number of hydrogen-bond donors (Lipinski definition) is 2. The Morgan fingerprint density at radius 3 is 2.67 bits per heavy atom. The van der Waals surface area contributed by atoms with Gasteiger partial charge in [-0.15, -0.1) is 0 Å². The van der Waals surface area contributed by atoms with Crippen molar-refractivity contribution in [1.29, 1.82) is 0 Å². The van der Waals surface area contributed by atoms with Gasteiger partial charge in [-0.2, -0.15) is 0 Å². The fourth-order valence-electron chi connectivity index (χ4n) is 3.43. The van der Waals surface area contributed by atoms with Crippen molar-refractivity contribution in [3.63, 3.8) is 0 Å². The van der Waals surface area contributed by atoms with E-state index in [1.807, 2.05) is 30.5 Å². The van der Waals surface area contributed by atoms with Gasteiger partial charge in [-0.3, -0.25) is 9.59 Å². The summed E-state index contributed by atoms with van der Waals surface area (Å²) in [5.41, 5.74) is 1.87. The number of piperidine rings is 1. The molecule has 0 aliphatic carbocycles. The summed E-state index contributed by atoms with van der Waals surface area (Å²) in [5.74, 6) is -1.10. The minimum atomic E-state index is -0.837. The molecule has 0 spiro atoms. The molecule has 1 aromatic carbocycles. The van der Waals surface area contributed by atoms with Crippen LogP contribution in [0.1, 0.15) is 31.7 Å². The summed E-state index contributed by atoms with van der Waals surface area (Å²) in [6.07, 6.45) is 5.20. The van der Waals surface area contributed by atoms with Gasteiger partial charge in [-0.25, -0.2) is 4.79 Å². The Bertz CT molecular complexity index is 823. The lowest BCUT2D eigenvalue weighted by molar-refractivity contribution is -0.154. The Hall–Kier alpha value is -2.83. The van der Waals surface area contributed by atoms with Crippen LogP contribution in [0.5, 0.6) is 0 Å². The molecule has 1 aliphatic heterocycles. The van der Waals surface area contributed by atoms with E-state index in [4.69, 9.17) is 4.74 Å². The third-order valence-corrected chi connectivity index (χ3v) is 4.81. The highest BCUT2D eigenvalue weighted by Crippen LogP contribution is 2.19. The molecule has 1 aromatic heterocycles. The van der Waals surface area contributed by atoms with Crippen LogP contribution in [0.25, 0.3) is 10.9 Å². The third-order valence-electron chi connectivity index (χ3n) is 4.81. The van der Waals surface area contributed by atoms with E-state index in [2.05, 4.69) is 10.3 Å². The maximum Gasteiger partial charge on any atom is 0.329 e. The Labute approximate surface area is 158 Å². The molecular weight excluding hydrogens is 346 g/mol. The molecule has 144 valence electrons. The maximum absolute atomic E-state index is 12.5. The SMILES string of the molecule is CC(=O)N[C@@H](Cc1c[nH]c2ccccc12)C(=O)OCC(=O)N1CCCCC1. The average molecular weight is 371 g/mol. The predicted molar refractivity (Wildman–Crippen MR) is 101 cm³/mol. The number of amides is 2. The normalized spacial score (nSPS) is 15.4. The summed E-state index contributed by atoms with van der Waals surface area (Å²) in [4.78, 5) is 41.1. The quantitative estimate of drug-likeness (QED) is 0.757. The Morgan fingerprint density at radius 1 is 1.19 bits per heavy atom. The van der Waals surface area contributed by atoms with Crippen molar-refractivity contribution in [2.24, 2.45) is 0 Å². The second kappa shape index (κ2) is 8.70. The number of fused-ring (bicyclic) bond motifs is 1. The Kier molecular flexibility index (Phi) is 6.11. The zero-order valence-electron chi connectivity index (χ0n) is 15.5. The first-order valence-electron chi connectivity index (χ1n) is 9.31. The average Bonchev–Trinajstić information content (AvgIpc) is 3.08. The molecule has 1 aliphatic rings. The summed E-state index contributed by atoms with van der Waals surface area (Å²) < 4.78 is 5.23. The molecule has 7 heteroatoms. The maximum atomic E-state index is 12.5. The van der Waals surface area contributed by atoms with Gasteiger partial charge in [-0.05, 0) is 30.9 Å². The number of H-pyrrole nitrogens is 1. The molecule has 2 N–H and O–H groups in total. The minimum absolute atomic E-state index is 0.184. The van der Waals surface area contributed by atoms with Gasteiger partial charge >= 0.3 is 5.97 Å². The van der Waals surface area contributed by atoms with Gasteiger partial charge in [0.2, 0.25) is 5.91 Å². The molecular formula is C20H25N3O4. The molecule has 2 heterocycles. The number of aromatic amines is 1. The van der Waals surface area contributed by atoms with E-state index in [0.717, 1.165) is 35.7 Å². The van der Waals surface area contributed by atoms with Crippen molar-refractivity contribution >= 4 is 28.7 Å². The molecule has 0 saturated carbocycles. The molecule has 0 unspecified atom stereocenters. The van der Waals surface area contributed by atoms with Gasteiger partial charge in [-0.1, -0.05) is 18.2 Å². The number of ether oxygens (including phenoxy) is 1. The topological polar surface area (TPSA) is 91.5 Å². The van der Waals surface area contributed by atoms with Gasteiger partial charge in [0.05, 0.1) is 0 Å². The zero-order chi connectivity index (χ0) is 19.2. The molecule has 1 atom stereocenters. The standard InChI is InChI=1S/C20H25N3O4/c1-14(24)22-18(11-15-12-21-17-8-4-3-7-16(15)17)20(26)27-13-19(25)23-9-5-2-6-10-23/h3-4,7-8,12,18,21H,2,5-6,9-11,13H2,1H3,(H,22,24)/t18-/m0/s1. The van der Waals surface area contributed by atoms with E-state index < -0.39 is 12.0 Å². The van der Waals surface area contributed by atoms with Crippen LogP contribution in [0.15, 0.2) is 30.5 Å². The van der Waals surface area contributed by atoms with Gasteiger partial charge in [0.1, 0.15) is 6.04 Å². The van der Waals surface area contributed by atoms with Gasteiger partial charge in [0.25, 0.3) is 5.91 Å². The summed E-state index contributed by atoms with van der Waals surface area (Å²) in [6.45, 7) is 2.49. The minimum Gasteiger partial charge on any atom is -0.454 e. The van der Waals surface area contributed by atoms with E-state index in [-0.39, 0.29) is 18.4 Å². The van der Waals surface area contributed by atoms with E-state index in [1.165, 1.54) is 6.92 Å². The predicted octanol–water partition coefficient (Wildman–Crippen LogP) is 1.77. The second-order valence-electron chi connectivity index (χ2n) is 6.87. The van der Waals surface area contributed by atoms with Crippen LogP contribution < -0.4 is 5.32 Å². The highest BCUT2D eigenvalue weighted by Gasteiger charge is 2.25. The lowest BCUT2D eigenvalue weighted by Crippen LogP contribution is -2.44. The van der Waals surface area contributed by atoms with Crippen LogP contribution in [-0.2, 0) is 25.5 Å². The summed E-state index contributed by atoms with van der Waals surface area (Å²) in [7, 11) is 0. The molecule has 7 nitrogen and oxygen atoms in total. The lowest BCUT2D eigenvalue weighted by Gasteiger charge is -2.26. The number of esters is 1. The second-order valence-corrected chi connectivity index (χ2v) is 6.87. The number of benzene rings is 1. The number of rotatable bonds is 6. The Balaban J connectivity index is 1.63. The fourth-order valence-corrected chi connectivity index (χ4v) is 3.43. The molecule has 0 radical (unpaired) electrons. The van der Waals surface area contributed by atoms with Crippen LogP contribution in [0.2, 0.25) is 0 Å². The smallest absolute Gasteiger partial charge is 0.329 e.